The fourth-order valence-corrected chi connectivity index (χ4v) is 1.81. The summed E-state index contributed by atoms with van der Waals surface area (Å²) in [5.74, 6) is -1.04. The van der Waals surface area contributed by atoms with Crippen molar-refractivity contribution >= 4 is 11.9 Å². The molecule has 0 radical (unpaired) electrons. The van der Waals surface area contributed by atoms with Crippen LogP contribution in [0.25, 0.3) is 0 Å². The first-order chi connectivity index (χ1) is 10.6. The second-order valence-corrected chi connectivity index (χ2v) is 4.82. The van der Waals surface area contributed by atoms with Gasteiger partial charge in [0.2, 0.25) is 0 Å². The molecule has 6 heteroatoms. The Balaban J connectivity index is 1.82. The van der Waals surface area contributed by atoms with Gasteiger partial charge in [-0.3, -0.25) is 9.78 Å². The third-order valence-corrected chi connectivity index (χ3v) is 3.00. The lowest BCUT2D eigenvalue weighted by atomic mass is 10.1. The molecule has 1 aromatic carbocycles. The predicted octanol–water partition coefficient (Wildman–Crippen LogP) is 1.82. The van der Waals surface area contributed by atoms with Gasteiger partial charge in [0, 0.05) is 6.20 Å². The minimum absolute atomic E-state index is 0.0782. The van der Waals surface area contributed by atoms with Crippen molar-refractivity contribution in [3.05, 3.63) is 59.7 Å². The van der Waals surface area contributed by atoms with Crippen LogP contribution in [0.5, 0.6) is 0 Å². The van der Waals surface area contributed by atoms with Crippen LogP contribution >= 0.6 is 0 Å². The summed E-state index contributed by atoms with van der Waals surface area (Å²) in [6.07, 6.45) is 2.79. The Hall–Kier alpha value is -2.76. The first kappa shape index (κ1) is 15.6. The number of hydrogen-bond donors (Lipinski definition) is 1. The van der Waals surface area contributed by atoms with Crippen LogP contribution in [0.2, 0.25) is 0 Å². The molecule has 22 heavy (non-hydrogen) atoms. The number of amides is 1. The maximum Gasteiger partial charge on any atom is 0.359 e. The van der Waals surface area contributed by atoms with Gasteiger partial charge in [-0.25, -0.2) is 9.78 Å². The Labute approximate surface area is 128 Å². The van der Waals surface area contributed by atoms with E-state index in [-0.39, 0.29) is 24.2 Å². The highest BCUT2D eigenvalue weighted by Gasteiger charge is 2.14. The van der Waals surface area contributed by atoms with Crippen LogP contribution < -0.4 is 5.32 Å². The van der Waals surface area contributed by atoms with Crippen LogP contribution in [0.3, 0.4) is 0 Å². The first-order valence-corrected chi connectivity index (χ1v) is 6.86. The molecule has 0 bridgehead atoms. The smallest absolute Gasteiger partial charge is 0.359 e. The number of aromatic nitrogens is 2. The normalized spacial score (nSPS) is 11.5. The number of benzene rings is 1. The lowest BCUT2D eigenvalue weighted by Gasteiger charge is -2.14. The van der Waals surface area contributed by atoms with Gasteiger partial charge in [0.1, 0.15) is 0 Å². The Bertz CT molecular complexity index is 641. The molecule has 0 fully saturated rings. The largest absolute Gasteiger partial charge is 0.451 e. The summed E-state index contributed by atoms with van der Waals surface area (Å²) in [6.45, 7) is 3.27. The number of carbonyl (C=O) groups is 2. The average Bonchev–Trinajstić information content (AvgIpc) is 2.54. The van der Waals surface area contributed by atoms with E-state index in [2.05, 4.69) is 15.3 Å². The third kappa shape index (κ3) is 4.37. The number of ether oxygens (including phenoxy) is 1. The standard InChI is InChI=1S/C16H17N3O3/c1-11-8-18-14(9-17-11)16(21)22-10-15(20)19-12(2)13-6-4-3-5-7-13/h3-9,12H,10H2,1-2H3,(H,19,20)/t12-/m0/s1. The molecule has 1 heterocycles. The lowest BCUT2D eigenvalue weighted by Crippen LogP contribution is -2.31. The fourth-order valence-electron chi connectivity index (χ4n) is 1.81. The minimum atomic E-state index is -0.671. The van der Waals surface area contributed by atoms with E-state index in [4.69, 9.17) is 4.74 Å². The molecule has 0 unspecified atom stereocenters. The molecular weight excluding hydrogens is 282 g/mol. The number of carbonyl (C=O) groups excluding carboxylic acids is 2. The van der Waals surface area contributed by atoms with Gasteiger partial charge >= 0.3 is 5.97 Å². The summed E-state index contributed by atoms with van der Waals surface area (Å²) in [5, 5.41) is 2.76. The summed E-state index contributed by atoms with van der Waals surface area (Å²) in [6, 6.07) is 9.37. The molecule has 1 amide bonds. The zero-order chi connectivity index (χ0) is 15.9. The molecule has 1 atom stereocenters. The maximum atomic E-state index is 11.8. The molecule has 114 valence electrons. The summed E-state index contributed by atoms with van der Waals surface area (Å²) in [7, 11) is 0. The predicted molar refractivity (Wildman–Crippen MR) is 80.1 cm³/mol. The van der Waals surface area contributed by atoms with Gasteiger partial charge < -0.3 is 10.1 Å². The van der Waals surface area contributed by atoms with E-state index >= 15 is 0 Å². The summed E-state index contributed by atoms with van der Waals surface area (Å²) in [5.41, 5.74) is 1.76. The third-order valence-electron chi connectivity index (χ3n) is 3.00. The van der Waals surface area contributed by atoms with Crippen molar-refractivity contribution in [3.8, 4) is 0 Å². The highest BCUT2D eigenvalue weighted by Crippen LogP contribution is 2.10. The number of nitrogens with one attached hydrogen (secondary N) is 1. The highest BCUT2D eigenvalue weighted by molar-refractivity contribution is 5.89. The van der Waals surface area contributed by atoms with E-state index in [0.29, 0.717) is 5.69 Å². The molecular formula is C16H17N3O3. The van der Waals surface area contributed by atoms with Gasteiger partial charge in [0.25, 0.3) is 5.91 Å². The average molecular weight is 299 g/mol. The molecule has 0 saturated carbocycles. The van der Waals surface area contributed by atoms with Gasteiger partial charge in [-0.1, -0.05) is 30.3 Å². The van der Waals surface area contributed by atoms with E-state index in [0.717, 1.165) is 5.56 Å². The minimum Gasteiger partial charge on any atom is -0.451 e. The summed E-state index contributed by atoms with van der Waals surface area (Å²) in [4.78, 5) is 31.4. The van der Waals surface area contributed by atoms with Crippen molar-refractivity contribution in [1.29, 1.82) is 0 Å². The number of aryl methyl sites for hydroxylation is 1. The van der Waals surface area contributed by atoms with E-state index in [9.17, 15) is 9.59 Å². The second kappa shape index (κ2) is 7.31. The molecule has 2 aromatic rings. The molecule has 2 rings (SSSR count). The topological polar surface area (TPSA) is 81.2 Å². The molecule has 6 nitrogen and oxygen atoms in total. The molecule has 0 aliphatic carbocycles. The van der Waals surface area contributed by atoms with Crippen molar-refractivity contribution < 1.29 is 14.3 Å². The SMILES string of the molecule is Cc1cnc(C(=O)OCC(=O)N[C@@H](C)c2ccccc2)cn1. The van der Waals surface area contributed by atoms with Crippen molar-refractivity contribution in [2.24, 2.45) is 0 Å². The molecule has 1 N–H and O–H groups in total. The Morgan fingerprint density at radius 3 is 2.55 bits per heavy atom. The zero-order valence-electron chi connectivity index (χ0n) is 12.4. The number of esters is 1. The molecule has 0 aliphatic rings. The summed E-state index contributed by atoms with van der Waals surface area (Å²) >= 11 is 0. The van der Waals surface area contributed by atoms with Crippen LogP contribution in [-0.4, -0.2) is 28.5 Å². The van der Waals surface area contributed by atoms with Crippen LogP contribution in [-0.2, 0) is 9.53 Å². The van der Waals surface area contributed by atoms with E-state index < -0.39 is 5.97 Å². The van der Waals surface area contributed by atoms with Crippen molar-refractivity contribution in [1.82, 2.24) is 15.3 Å². The fraction of sp³-hybridized carbons (Fsp3) is 0.250. The van der Waals surface area contributed by atoms with Crippen LogP contribution in [0.1, 0.15) is 34.7 Å². The Morgan fingerprint density at radius 2 is 1.91 bits per heavy atom. The van der Waals surface area contributed by atoms with Gasteiger partial charge in [-0.2, -0.15) is 0 Å². The van der Waals surface area contributed by atoms with Gasteiger partial charge in [0.05, 0.1) is 17.9 Å². The first-order valence-electron chi connectivity index (χ1n) is 6.86. The second-order valence-electron chi connectivity index (χ2n) is 4.82. The lowest BCUT2D eigenvalue weighted by molar-refractivity contribution is -0.124. The van der Waals surface area contributed by atoms with Gasteiger partial charge in [-0.15, -0.1) is 0 Å². The van der Waals surface area contributed by atoms with Gasteiger partial charge in [-0.05, 0) is 19.4 Å². The molecule has 1 aromatic heterocycles. The van der Waals surface area contributed by atoms with Crippen LogP contribution in [0, 0.1) is 6.92 Å². The quantitative estimate of drug-likeness (QED) is 0.852. The Morgan fingerprint density at radius 1 is 1.18 bits per heavy atom. The van der Waals surface area contributed by atoms with Crippen LogP contribution in [0.15, 0.2) is 42.7 Å². The zero-order valence-corrected chi connectivity index (χ0v) is 12.4. The van der Waals surface area contributed by atoms with Gasteiger partial charge in [0.15, 0.2) is 12.3 Å². The van der Waals surface area contributed by atoms with E-state index in [1.807, 2.05) is 37.3 Å². The number of rotatable bonds is 5. The highest BCUT2D eigenvalue weighted by atomic mass is 16.5. The summed E-state index contributed by atoms with van der Waals surface area (Å²) < 4.78 is 4.91. The molecule has 0 spiro atoms. The molecule has 0 aliphatic heterocycles. The van der Waals surface area contributed by atoms with E-state index in [1.165, 1.54) is 12.4 Å². The number of nitrogens with zero attached hydrogens (tertiary/aromatic N) is 2. The van der Waals surface area contributed by atoms with Crippen molar-refractivity contribution in [3.63, 3.8) is 0 Å². The van der Waals surface area contributed by atoms with Crippen molar-refractivity contribution in [2.45, 2.75) is 19.9 Å². The van der Waals surface area contributed by atoms with E-state index in [1.54, 1.807) is 6.92 Å². The monoisotopic (exact) mass is 299 g/mol. The van der Waals surface area contributed by atoms with Crippen LogP contribution in [0.4, 0.5) is 0 Å². The molecule has 0 saturated heterocycles. The van der Waals surface area contributed by atoms with Crippen molar-refractivity contribution in [2.75, 3.05) is 6.61 Å². The Kier molecular flexibility index (Phi) is 5.19. The number of hydrogen-bond acceptors (Lipinski definition) is 5. The maximum absolute atomic E-state index is 11.8.